The summed E-state index contributed by atoms with van der Waals surface area (Å²) in [6.45, 7) is 5.55. The van der Waals surface area contributed by atoms with Crippen LogP contribution in [0.15, 0.2) is 30.5 Å². The van der Waals surface area contributed by atoms with Crippen molar-refractivity contribution in [1.29, 1.82) is 0 Å². The van der Waals surface area contributed by atoms with E-state index >= 15 is 0 Å². The average molecular weight is 488 g/mol. The van der Waals surface area contributed by atoms with Crippen molar-refractivity contribution in [3.05, 3.63) is 35.5 Å². The molecule has 1 aliphatic heterocycles. The number of hydrogen-bond acceptors (Lipinski definition) is 7. The molecule has 2 aliphatic rings. The molecule has 186 valence electrons. The molecule has 2 fully saturated rings. The molecule has 1 atom stereocenters. The molecular formula is C26H38ClN5O2. The zero-order valence-corrected chi connectivity index (χ0v) is 21.1. The van der Waals surface area contributed by atoms with Crippen LogP contribution in [0.25, 0.3) is 11.3 Å². The van der Waals surface area contributed by atoms with E-state index in [1.807, 2.05) is 24.3 Å². The number of nitrogens with zero attached hydrogens (tertiary/aromatic N) is 2. The number of nitrogens with one attached hydrogen (secondary N) is 3. The number of aromatic nitrogens is 2. The van der Waals surface area contributed by atoms with Crippen LogP contribution in [-0.4, -0.2) is 61.6 Å². The van der Waals surface area contributed by atoms with Crippen molar-refractivity contribution in [2.75, 3.05) is 44.1 Å². The molecule has 0 bridgehead atoms. The standard InChI is InChI=1S/C26H38ClN5O2/c1-18(17-33-2)30-20-6-8-21(9-7-20)31-26-14-22(23(27)16-29-26)24-4-3-5-25(32-24)28-15-19-10-12-34-13-11-19/h3-5,14,16,18-21,30H,6-13,15,17H2,1-2H3,(H,28,32)(H,29,31)/t18-,20?,21?/m1/s1. The highest BCUT2D eigenvalue weighted by Crippen LogP contribution is 2.30. The Balaban J connectivity index is 1.34. The first-order valence-electron chi connectivity index (χ1n) is 12.6. The van der Waals surface area contributed by atoms with Crippen molar-refractivity contribution in [3.8, 4) is 11.3 Å². The predicted octanol–water partition coefficient (Wildman–Crippen LogP) is 4.98. The molecule has 0 unspecified atom stereocenters. The van der Waals surface area contributed by atoms with Gasteiger partial charge in [0.15, 0.2) is 0 Å². The molecule has 1 saturated carbocycles. The van der Waals surface area contributed by atoms with Gasteiger partial charge in [-0.2, -0.15) is 0 Å². The van der Waals surface area contributed by atoms with Gasteiger partial charge in [0.05, 0.1) is 17.3 Å². The van der Waals surface area contributed by atoms with E-state index in [9.17, 15) is 0 Å². The lowest BCUT2D eigenvalue weighted by Gasteiger charge is -2.31. The molecule has 8 heteroatoms. The number of ether oxygens (including phenoxy) is 2. The third-order valence-electron chi connectivity index (χ3n) is 6.81. The molecule has 0 spiro atoms. The predicted molar refractivity (Wildman–Crippen MR) is 139 cm³/mol. The minimum absolute atomic E-state index is 0.384. The zero-order valence-electron chi connectivity index (χ0n) is 20.4. The van der Waals surface area contributed by atoms with Crippen molar-refractivity contribution in [2.45, 2.75) is 63.6 Å². The summed E-state index contributed by atoms with van der Waals surface area (Å²) in [5, 5.41) is 11.4. The van der Waals surface area contributed by atoms with Crippen molar-refractivity contribution in [3.63, 3.8) is 0 Å². The minimum Gasteiger partial charge on any atom is -0.383 e. The normalized spacial score (nSPS) is 22.3. The smallest absolute Gasteiger partial charge is 0.126 e. The highest BCUT2D eigenvalue weighted by molar-refractivity contribution is 6.33. The molecule has 34 heavy (non-hydrogen) atoms. The fourth-order valence-electron chi connectivity index (χ4n) is 4.91. The molecule has 2 aromatic rings. The maximum absolute atomic E-state index is 6.53. The van der Waals surface area contributed by atoms with Gasteiger partial charge in [-0.15, -0.1) is 0 Å². The van der Waals surface area contributed by atoms with E-state index in [0.29, 0.717) is 29.1 Å². The first kappa shape index (κ1) is 25.2. The summed E-state index contributed by atoms with van der Waals surface area (Å²) >= 11 is 6.53. The molecule has 2 aromatic heterocycles. The van der Waals surface area contributed by atoms with Gasteiger partial charge in [-0.1, -0.05) is 17.7 Å². The average Bonchev–Trinajstić information content (AvgIpc) is 2.86. The number of rotatable bonds is 10. The van der Waals surface area contributed by atoms with E-state index in [1.54, 1.807) is 13.3 Å². The van der Waals surface area contributed by atoms with Crippen molar-refractivity contribution in [2.24, 2.45) is 5.92 Å². The summed E-state index contributed by atoms with van der Waals surface area (Å²) in [6, 6.07) is 9.42. The molecule has 0 radical (unpaired) electrons. The van der Waals surface area contributed by atoms with E-state index in [-0.39, 0.29) is 0 Å². The summed E-state index contributed by atoms with van der Waals surface area (Å²) in [7, 11) is 1.75. The largest absolute Gasteiger partial charge is 0.383 e. The minimum atomic E-state index is 0.384. The van der Waals surface area contributed by atoms with Crippen molar-refractivity contribution < 1.29 is 9.47 Å². The lowest BCUT2D eigenvalue weighted by Crippen LogP contribution is -2.42. The number of hydrogen-bond donors (Lipinski definition) is 3. The fourth-order valence-corrected chi connectivity index (χ4v) is 5.11. The van der Waals surface area contributed by atoms with E-state index in [4.69, 9.17) is 26.1 Å². The molecule has 7 nitrogen and oxygen atoms in total. The Morgan fingerprint density at radius 1 is 1.09 bits per heavy atom. The second-order valence-electron chi connectivity index (χ2n) is 9.61. The monoisotopic (exact) mass is 487 g/mol. The van der Waals surface area contributed by atoms with Crippen LogP contribution in [0.4, 0.5) is 11.6 Å². The van der Waals surface area contributed by atoms with Gasteiger partial charge in [0.1, 0.15) is 11.6 Å². The highest BCUT2D eigenvalue weighted by atomic mass is 35.5. The second-order valence-corrected chi connectivity index (χ2v) is 10.0. The quantitative estimate of drug-likeness (QED) is 0.436. The summed E-state index contributed by atoms with van der Waals surface area (Å²) < 4.78 is 10.7. The van der Waals surface area contributed by atoms with Crippen molar-refractivity contribution >= 4 is 23.2 Å². The van der Waals surface area contributed by atoms with Crippen LogP contribution >= 0.6 is 11.6 Å². The van der Waals surface area contributed by atoms with Gasteiger partial charge in [-0.05, 0) is 69.6 Å². The Labute approximate surface area is 208 Å². The topological polar surface area (TPSA) is 80.3 Å². The van der Waals surface area contributed by atoms with Crippen molar-refractivity contribution in [1.82, 2.24) is 15.3 Å². The maximum Gasteiger partial charge on any atom is 0.126 e. The summed E-state index contributed by atoms with van der Waals surface area (Å²) in [5.74, 6) is 2.36. The molecule has 1 saturated heterocycles. The maximum atomic E-state index is 6.53. The van der Waals surface area contributed by atoms with Gasteiger partial charge in [0.2, 0.25) is 0 Å². The van der Waals surface area contributed by atoms with Crippen LogP contribution in [0.3, 0.4) is 0 Å². The highest BCUT2D eigenvalue weighted by Gasteiger charge is 2.23. The Morgan fingerprint density at radius 2 is 1.85 bits per heavy atom. The van der Waals surface area contributed by atoms with Crippen LogP contribution in [0.1, 0.15) is 45.4 Å². The third kappa shape index (κ3) is 7.28. The molecule has 3 N–H and O–H groups in total. The van der Waals surface area contributed by atoms with Crippen LogP contribution in [0.2, 0.25) is 5.02 Å². The summed E-state index contributed by atoms with van der Waals surface area (Å²) in [4.78, 5) is 9.37. The van der Waals surface area contributed by atoms with Gasteiger partial charge in [0, 0.05) is 56.8 Å². The molecule has 1 aliphatic carbocycles. The molecule has 4 rings (SSSR count). The fraction of sp³-hybridized carbons (Fsp3) is 0.615. The SMILES string of the molecule is COC[C@@H](C)NC1CCC(Nc2cc(-c3cccc(NCC4CCOCC4)n3)c(Cl)cn2)CC1. The Morgan fingerprint density at radius 3 is 2.62 bits per heavy atom. The zero-order chi connectivity index (χ0) is 23.8. The third-order valence-corrected chi connectivity index (χ3v) is 7.11. The van der Waals surface area contributed by atoms with Gasteiger partial charge in [-0.25, -0.2) is 9.97 Å². The number of halogens is 1. The van der Waals surface area contributed by atoms with E-state index in [1.165, 1.54) is 0 Å². The second kappa shape index (κ2) is 12.7. The number of pyridine rings is 2. The van der Waals surface area contributed by atoms with Crippen LogP contribution in [0.5, 0.6) is 0 Å². The molecule has 0 amide bonds. The van der Waals surface area contributed by atoms with Gasteiger partial charge in [-0.3, -0.25) is 0 Å². The Bertz CT molecular complexity index is 901. The first-order chi connectivity index (χ1) is 16.6. The lowest BCUT2D eigenvalue weighted by molar-refractivity contribution is 0.0699. The molecular weight excluding hydrogens is 450 g/mol. The van der Waals surface area contributed by atoms with Crippen LogP contribution in [0, 0.1) is 5.92 Å². The number of methoxy groups -OCH3 is 1. The molecule has 3 heterocycles. The summed E-state index contributed by atoms with van der Waals surface area (Å²) in [5.41, 5.74) is 1.75. The first-order valence-corrected chi connectivity index (χ1v) is 12.9. The van der Waals surface area contributed by atoms with Gasteiger partial charge >= 0.3 is 0 Å². The van der Waals surface area contributed by atoms with Gasteiger partial charge in [0.25, 0.3) is 0 Å². The molecule has 0 aromatic carbocycles. The van der Waals surface area contributed by atoms with Crippen LogP contribution in [-0.2, 0) is 9.47 Å². The van der Waals surface area contributed by atoms with E-state index in [2.05, 4.69) is 27.9 Å². The number of anilines is 2. The van der Waals surface area contributed by atoms with Gasteiger partial charge < -0.3 is 25.4 Å². The van der Waals surface area contributed by atoms with Crippen LogP contribution < -0.4 is 16.0 Å². The lowest BCUT2D eigenvalue weighted by atomic mass is 9.90. The summed E-state index contributed by atoms with van der Waals surface area (Å²) in [6.07, 6.45) is 8.44. The Kier molecular flexibility index (Phi) is 9.39. The Hall–Kier alpha value is -1.93. The van der Waals surface area contributed by atoms with E-state index in [0.717, 1.165) is 87.8 Å². The van der Waals surface area contributed by atoms with E-state index < -0.39 is 0 Å².